The lowest BCUT2D eigenvalue weighted by atomic mass is 10.1. The number of tetrazole rings is 1. The smallest absolute Gasteiger partial charge is 0.280 e. The summed E-state index contributed by atoms with van der Waals surface area (Å²) in [5.41, 5.74) is 5.73. The first-order chi connectivity index (χ1) is 13.4. The van der Waals surface area contributed by atoms with E-state index in [9.17, 15) is 4.79 Å². The van der Waals surface area contributed by atoms with E-state index in [-0.39, 0.29) is 5.91 Å². The van der Waals surface area contributed by atoms with Gasteiger partial charge >= 0.3 is 0 Å². The number of carbonyl (C=O) groups is 1. The minimum Gasteiger partial charge on any atom is -0.481 e. The summed E-state index contributed by atoms with van der Waals surface area (Å²) in [5.74, 6) is 0.255. The van der Waals surface area contributed by atoms with Crippen molar-refractivity contribution in [2.75, 3.05) is 0 Å². The summed E-state index contributed by atoms with van der Waals surface area (Å²) in [4.78, 5) is 12.3. The van der Waals surface area contributed by atoms with E-state index < -0.39 is 6.10 Å². The predicted molar refractivity (Wildman–Crippen MR) is 106 cm³/mol. The van der Waals surface area contributed by atoms with Crippen LogP contribution in [0.25, 0.3) is 5.69 Å². The number of aryl methyl sites for hydroxylation is 1. The molecule has 1 heterocycles. The SMILES string of the molecule is C/C(=N/NC(=O)[C@@H](C)Oc1ccc(Cl)cc1C)c1ccc(-n2cnnn2)cc1. The molecule has 0 bridgehead atoms. The van der Waals surface area contributed by atoms with Gasteiger partial charge in [0.25, 0.3) is 5.91 Å². The maximum Gasteiger partial charge on any atom is 0.280 e. The zero-order valence-corrected chi connectivity index (χ0v) is 16.4. The van der Waals surface area contributed by atoms with Crippen LogP contribution in [-0.4, -0.2) is 37.9 Å². The minimum atomic E-state index is -0.710. The Labute approximate surface area is 167 Å². The molecule has 0 fully saturated rings. The molecular weight excluding hydrogens is 380 g/mol. The predicted octanol–water partition coefficient (Wildman–Crippen LogP) is 2.93. The van der Waals surface area contributed by atoms with Crippen molar-refractivity contribution in [1.82, 2.24) is 25.6 Å². The van der Waals surface area contributed by atoms with Gasteiger partial charge in [-0.25, -0.2) is 10.1 Å². The van der Waals surface area contributed by atoms with Crippen molar-refractivity contribution in [3.05, 3.63) is 64.9 Å². The van der Waals surface area contributed by atoms with E-state index in [1.807, 2.05) is 31.2 Å². The maximum atomic E-state index is 12.3. The molecule has 1 amide bonds. The zero-order chi connectivity index (χ0) is 20.1. The molecule has 1 aromatic heterocycles. The Morgan fingerprint density at radius 2 is 2.00 bits per heavy atom. The summed E-state index contributed by atoms with van der Waals surface area (Å²) in [5, 5.41) is 15.8. The summed E-state index contributed by atoms with van der Waals surface area (Å²) in [6.07, 6.45) is 0.804. The highest BCUT2D eigenvalue weighted by atomic mass is 35.5. The molecule has 9 heteroatoms. The highest BCUT2D eigenvalue weighted by Crippen LogP contribution is 2.22. The van der Waals surface area contributed by atoms with Crippen LogP contribution in [0.4, 0.5) is 0 Å². The van der Waals surface area contributed by atoms with Gasteiger partial charge in [-0.15, -0.1) is 5.10 Å². The van der Waals surface area contributed by atoms with Gasteiger partial charge in [0, 0.05) is 5.02 Å². The molecule has 0 saturated carbocycles. The Morgan fingerprint density at radius 3 is 2.64 bits per heavy atom. The fraction of sp³-hybridized carbons (Fsp3) is 0.211. The Kier molecular flexibility index (Phi) is 6.00. The molecule has 0 saturated heterocycles. The first-order valence-corrected chi connectivity index (χ1v) is 8.92. The lowest BCUT2D eigenvalue weighted by Crippen LogP contribution is -2.34. The fourth-order valence-corrected chi connectivity index (χ4v) is 2.65. The Bertz CT molecular complexity index is 986. The van der Waals surface area contributed by atoms with Crippen LogP contribution in [0.3, 0.4) is 0 Å². The van der Waals surface area contributed by atoms with Crippen molar-refractivity contribution in [2.45, 2.75) is 26.9 Å². The number of hydrogen-bond donors (Lipinski definition) is 1. The first-order valence-electron chi connectivity index (χ1n) is 8.55. The molecule has 1 atom stereocenters. The second kappa shape index (κ2) is 8.62. The highest BCUT2D eigenvalue weighted by Gasteiger charge is 2.15. The molecule has 1 N–H and O–H groups in total. The molecule has 0 radical (unpaired) electrons. The summed E-state index contributed by atoms with van der Waals surface area (Å²) < 4.78 is 7.25. The van der Waals surface area contributed by atoms with Gasteiger partial charge in [-0.05, 0) is 72.7 Å². The average Bonchev–Trinajstić information content (AvgIpc) is 3.23. The van der Waals surface area contributed by atoms with Gasteiger partial charge in [0.15, 0.2) is 6.10 Å². The number of carbonyl (C=O) groups excluding carboxylic acids is 1. The van der Waals surface area contributed by atoms with Crippen LogP contribution in [-0.2, 0) is 4.79 Å². The van der Waals surface area contributed by atoms with Crippen LogP contribution >= 0.6 is 11.6 Å². The first kappa shape index (κ1) is 19.5. The lowest BCUT2D eigenvalue weighted by molar-refractivity contribution is -0.127. The number of hydrogen-bond acceptors (Lipinski definition) is 6. The van der Waals surface area contributed by atoms with Crippen molar-refractivity contribution in [3.8, 4) is 11.4 Å². The Morgan fingerprint density at radius 1 is 1.25 bits per heavy atom. The number of rotatable bonds is 6. The number of ether oxygens (including phenoxy) is 1. The third kappa shape index (κ3) is 4.72. The van der Waals surface area contributed by atoms with Crippen LogP contribution < -0.4 is 10.2 Å². The molecule has 2 aromatic carbocycles. The quantitative estimate of drug-likeness (QED) is 0.509. The van der Waals surface area contributed by atoms with Crippen molar-refractivity contribution in [2.24, 2.45) is 5.10 Å². The van der Waals surface area contributed by atoms with E-state index in [4.69, 9.17) is 16.3 Å². The van der Waals surface area contributed by atoms with Gasteiger partial charge in [-0.3, -0.25) is 4.79 Å². The van der Waals surface area contributed by atoms with Gasteiger partial charge in [0.1, 0.15) is 12.1 Å². The third-order valence-corrected chi connectivity index (χ3v) is 4.28. The molecule has 144 valence electrons. The van der Waals surface area contributed by atoms with E-state index in [0.29, 0.717) is 16.5 Å². The molecular formula is C19H19ClN6O2. The van der Waals surface area contributed by atoms with Gasteiger partial charge in [0.2, 0.25) is 0 Å². The van der Waals surface area contributed by atoms with Gasteiger partial charge in [-0.2, -0.15) is 5.10 Å². The van der Waals surface area contributed by atoms with E-state index in [0.717, 1.165) is 16.8 Å². The van der Waals surface area contributed by atoms with E-state index in [2.05, 4.69) is 26.1 Å². The van der Waals surface area contributed by atoms with Crippen LogP contribution in [0.2, 0.25) is 5.02 Å². The Hall–Kier alpha value is -3.26. The van der Waals surface area contributed by atoms with Crippen LogP contribution in [0.1, 0.15) is 25.0 Å². The van der Waals surface area contributed by atoms with E-state index in [1.54, 1.807) is 36.7 Å². The zero-order valence-electron chi connectivity index (χ0n) is 15.6. The van der Waals surface area contributed by atoms with Crippen LogP contribution in [0.15, 0.2) is 53.9 Å². The van der Waals surface area contributed by atoms with Crippen LogP contribution in [0.5, 0.6) is 5.75 Å². The lowest BCUT2D eigenvalue weighted by Gasteiger charge is -2.15. The molecule has 0 aliphatic rings. The van der Waals surface area contributed by atoms with Gasteiger partial charge < -0.3 is 4.74 Å². The van der Waals surface area contributed by atoms with Crippen molar-refractivity contribution in [3.63, 3.8) is 0 Å². The molecule has 3 rings (SSSR count). The van der Waals surface area contributed by atoms with E-state index >= 15 is 0 Å². The summed E-state index contributed by atoms with van der Waals surface area (Å²) in [6, 6.07) is 12.7. The number of amides is 1. The minimum absolute atomic E-state index is 0.348. The molecule has 0 aliphatic heterocycles. The largest absolute Gasteiger partial charge is 0.481 e. The molecule has 28 heavy (non-hydrogen) atoms. The second-order valence-corrected chi connectivity index (χ2v) is 6.58. The summed E-state index contributed by atoms with van der Waals surface area (Å²) in [6.45, 7) is 5.34. The molecule has 0 unspecified atom stereocenters. The Balaban J connectivity index is 1.61. The van der Waals surface area contributed by atoms with Gasteiger partial charge in [-0.1, -0.05) is 23.7 Å². The highest BCUT2D eigenvalue weighted by molar-refractivity contribution is 6.30. The monoisotopic (exact) mass is 398 g/mol. The topological polar surface area (TPSA) is 94.3 Å². The van der Waals surface area contributed by atoms with Crippen molar-refractivity contribution >= 4 is 23.2 Å². The number of nitrogens with zero attached hydrogens (tertiary/aromatic N) is 5. The fourth-order valence-electron chi connectivity index (χ4n) is 2.42. The standard InChI is InChI=1S/C19H19ClN6O2/c1-12-10-16(20)6-9-18(12)28-14(3)19(27)23-22-13(2)15-4-7-17(8-5-15)26-11-21-24-25-26/h4-11,14H,1-3H3,(H,23,27)/b22-13-/t14-/m1/s1. The number of benzene rings is 2. The average molecular weight is 399 g/mol. The second-order valence-electron chi connectivity index (χ2n) is 6.14. The summed E-state index contributed by atoms with van der Waals surface area (Å²) in [7, 11) is 0. The normalized spacial score (nSPS) is 12.5. The van der Waals surface area contributed by atoms with Crippen molar-refractivity contribution in [1.29, 1.82) is 0 Å². The molecule has 0 spiro atoms. The number of aromatic nitrogens is 4. The summed E-state index contributed by atoms with van der Waals surface area (Å²) >= 11 is 5.93. The number of hydrazone groups is 1. The number of halogens is 1. The maximum absolute atomic E-state index is 12.3. The van der Waals surface area contributed by atoms with Gasteiger partial charge in [0.05, 0.1) is 11.4 Å². The number of nitrogens with one attached hydrogen (secondary N) is 1. The molecule has 3 aromatic rings. The molecule has 0 aliphatic carbocycles. The molecule has 8 nitrogen and oxygen atoms in total. The third-order valence-electron chi connectivity index (χ3n) is 4.04. The van der Waals surface area contributed by atoms with Crippen LogP contribution in [0, 0.1) is 6.92 Å². The van der Waals surface area contributed by atoms with E-state index in [1.165, 1.54) is 6.33 Å². The van der Waals surface area contributed by atoms with Crippen molar-refractivity contribution < 1.29 is 9.53 Å².